The Kier molecular flexibility index (Phi) is 1.61. The maximum absolute atomic E-state index is 4.33. The standard InChI is InChI=1S/C11H7BrN2/c12-14-10-6-2-1-4-8(10)9-5-3-7-13-11(9)14/h1-7H. The lowest BCUT2D eigenvalue weighted by Gasteiger charge is -1.91. The van der Waals surface area contributed by atoms with Gasteiger partial charge in [0, 0.05) is 17.0 Å². The zero-order valence-corrected chi connectivity index (χ0v) is 8.90. The normalized spacial score (nSPS) is 11.2. The number of hydrogen-bond acceptors (Lipinski definition) is 1. The number of hydrogen-bond donors (Lipinski definition) is 0. The number of pyridine rings is 1. The van der Waals surface area contributed by atoms with Gasteiger partial charge in [-0.05, 0) is 18.2 Å². The van der Waals surface area contributed by atoms with E-state index in [2.05, 4.69) is 39.3 Å². The molecule has 0 radical (unpaired) electrons. The summed E-state index contributed by atoms with van der Waals surface area (Å²) in [6.45, 7) is 0. The lowest BCUT2D eigenvalue weighted by Crippen LogP contribution is -1.80. The zero-order chi connectivity index (χ0) is 9.54. The van der Waals surface area contributed by atoms with E-state index in [1.54, 1.807) is 6.20 Å². The first kappa shape index (κ1) is 8.00. The smallest absolute Gasteiger partial charge is 0.151 e. The second-order valence-corrected chi connectivity index (χ2v) is 3.88. The van der Waals surface area contributed by atoms with Gasteiger partial charge in [-0.1, -0.05) is 18.2 Å². The maximum atomic E-state index is 4.33. The molecule has 2 aromatic heterocycles. The van der Waals surface area contributed by atoms with Crippen LogP contribution < -0.4 is 0 Å². The molecule has 0 aliphatic rings. The summed E-state index contributed by atoms with van der Waals surface area (Å²) in [5.74, 6) is 0. The topological polar surface area (TPSA) is 17.8 Å². The highest BCUT2D eigenvalue weighted by molar-refractivity contribution is 9.08. The van der Waals surface area contributed by atoms with Gasteiger partial charge < -0.3 is 0 Å². The van der Waals surface area contributed by atoms with Gasteiger partial charge in [-0.2, -0.15) is 0 Å². The summed E-state index contributed by atoms with van der Waals surface area (Å²) in [5, 5.41) is 2.41. The van der Waals surface area contributed by atoms with Crippen LogP contribution in [-0.2, 0) is 0 Å². The molecular formula is C11H7BrN2. The Labute approximate surface area is 89.5 Å². The summed E-state index contributed by atoms with van der Waals surface area (Å²) < 4.78 is 1.94. The molecule has 0 N–H and O–H groups in total. The van der Waals surface area contributed by atoms with Gasteiger partial charge in [-0.25, -0.2) is 4.98 Å². The second kappa shape index (κ2) is 2.82. The number of halogens is 1. The second-order valence-electron chi connectivity index (χ2n) is 3.17. The van der Waals surface area contributed by atoms with Crippen LogP contribution in [0.1, 0.15) is 0 Å². The fourth-order valence-electron chi connectivity index (χ4n) is 1.75. The van der Waals surface area contributed by atoms with Crippen molar-refractivity contribution >= 4 is 38.1 Å². The Hall–Kier alpha value is -1.35. The molecule has 68 valence electrons. The van der Waals surface area contributed by atoms with Crippen molar-refractivity contribution in [2.24, 2.45) is 0 Å². The van der Waals surface area contributed by atoms with E-state index in [-0.39, 0.29) is 0 Å². The Morgan fingerprint density at radius 1 is 1.00 bits per heavy atom. The van der Waals surface area contributed by atoms with Gasteiger partial charge in [-0.15, -0.1) is 0 Å². The minimum Gasteiger partial charge on any atom is -0.259 e. The molecule has 2 nitrogen and oxygen atoms in total. The van der Waals surface area contributed by atoms with E-state index in [9.17, 15) is 0 Å². The molecule has 0 saturated heterocycles. The van der Waals surface area contributed by atoms with E-state index in [1.165, 1.54) is 10.8 Å². The average molecular weight is 247 g/mol. The van der Waals surface area contributed by atoms with Crippen LogP contribution in [0.5, 0.6) is 0 Å². The number of rotatable bonds is 0. The summed E-state index contributed by atoms with van der Waals surface area (Å²) in [6.07, 6.45) is 1.80. The first-order valence-electron chi connectivity index (χ1n) is 4.38. The molecule has 0 atom stereocenters. The third kappa shape index (κ3) is 0.930. The lowest BCUT2D eigenvalue weighted by atomic mass is 10.2. The minimum absolute atomic E-state index is 0.966. The fourth-order valence-corrected chi connectivity index (χ4v) is 2.34. The van der Waals surface area contributed by atoms with Crippen molar-refractivity contribution < 1.29 is 0 Å². The summed E-state index contributed by atoms with van der Waals surface area (Å²) in [6, 6.07) is 12.3. The van der Waals surface area contributed by atoms with Crippen molar-refractivity contribution in [2.45, 2.75) is 0 Å². The zero-order valence-electron chi connectivity index (χ0n) is 7.31. The highest BCUT2D eigenvalue weighted by Crippen LogP contribution is 2.28. The third-order valence-corrected chi connectivity index (χ3v) is 3.10. The maximum Gasteiger partial charge on any atom is 0.151 e. The van der Waals surface area contributed by atoms with E-state index in [0.29, 0.717) is 0 Å². The Morgan fingerprint density at radius 3 is 2.71 bits per heavy atom. The molecule has 0 aliphatic heterocycles. The molecule has 3 aromatic rings. The van der Waals surface area contributed by atoms with Gasteiger partial charge in [-0.3, -0.25) is 3.59 Å². The molecule has 0 saturated carbocycles. The van der Waals surface area contributed by atoms with Gasteiger partial charge in [0.15, 0.2) is 5.65 Å². The molecule has 14 heavy (non-hydrogen) atoms. The van der Waals surface area contributed by atoms with Gasteiger partial charge in [0.1, 0.15) is 0 Å². The number of fused-ring (bicyclic) bond motifs is 3. The predicted molar refractivity (Wildman–Crippen MR) is 61.6 cm³/mol. The molecule has 0 fully saturated rings. The highest BCUT2D eigenvalue weighted by Gasteiger charge is 2.07. The quantitative estimate of drug-likeness (QED) is 0.595. The van der Waals surface area contributed by atoms with Crippen molar-refractivity contribution in [3.05, 3.63) is 42.6 Å². The summed E-state index contributed by atoms with van der Waals surface area (Å²) >= 11 is 3.51. The van der Waals surface area contributed by atoms with E-state index in [4.69, 9.17) is 0 Å². The molecule has 3 heteroatoms. The molecule has 0 aliphatic carbocycles. The lowest BCUT2D eigenvalue weighted by molar-refractivity contribution is 1.31. The first-order chi connectivity index (χ1) is 6.88. The van der Waals surface area contributed by atoms with Crippen LogP contribution in [0.15, 0.2) is 42.6 Å². The predicted octanol–water partition coefficient (Wildman–Crippen LogP) is 3.35. The van der Waals surface area contributed by atoms with Crippen molar-refractivity contribution in [1.29, 1.82) is 0 Å². The van der Waals surface area contributed by atoms with Crippen molar-refractivity contribution in [3.8, 4) is 0 Å². The monoisotopic (exact) mass is 246 g/mol. The summed E-state index contributed by atoms with van der Waals surface area (Å²) in [5.41, 5.74) is 2.12. The Balaban J connectivity index is 2.69. The van der Waals surface area contributed by atoms with Gasteiger partial charge in [0.2, 0.25) is 0 Å². The molecule has 0 amide bonds. The number of para-hydroxylation sites is 1. The van der Waals surface area contributed by atoms with Crippen LogP contribution >= 0.6 is 16.1 Å². The Morgan fingerprint density at radius 2 is 1.79 bits per heavy atom. The molecule has 0 unspecified atom stereocenters. The van der Waals surface area contributed by atoms with E-state index in [0.717, 1.165) is 11.2 Å². The van der Waals surface area contributed by atoms with Gasteiger partial charge in [0.05, 0.1) is 21.7 Å². The van der Waals surface area contributed by atoms with Crippen molar-refractivity contribution in [3.63, 3.8) is 0 Å². The molecule has 1 aromatic carbocycles. The van der Waals surface area contributed by atoms with Crippen molar-refractivity contribution in [2.75, 3.05) is 0 Å². The average Bonchev–Trinajstić information content (AvgIpc) is 2.55. The number of nitrogens with zero attached hydrogens (tertiary/aromatic N) is 2. The van der Waals surface area contributed by atoms with E-state index >= 15 is 0 Å². The SMILES string of the molecule is Brn1c2ccccc2c2cccnc21. The van der Waals surface area contributed by atoms with Crippen LogP contribution in [0.4, 0.5) is 0 Å². The van der Waals surface area contributed by atoms with Crippen LogP contribution in [-0.4, -0.2) is 8.58 Å². The fraction of sp³-hybridized carbons (Fsp3) is 0. The summed E-state index contributed by atoms with van der Waals surface area (Å²) in [4.78, 5) is 4.33. The number of benzene rings is 1. The molecule has 0 spiro atoms. The minimum atomic E-state index is 0.966. The molecular weight excluding hydrogens is 240 g/mol. The van der Waals surface area contributed by atoms with Crippen molar-refractivity contribution in [1.82, 2.24) is 8.58 Å². The summed E-state index contributed by atoms with van der Waals surface area (Å²) in [7, 11) is 0. The molecule has 0 bridgehead atoms. The van der Waals surface area contributed by atoms with E-state index < -0.39 is 0 Å². The van der Waals surface area contributed by atoms with Crippen LogP contribution in [0.25, 0.3) is 21.9 Å². The highest BCUT2D eigenvalue weighted by atomic mass is 79.9. The number of aromatic nitrogens is 2. The van der Waals surface area contributed by atoms with Crippen LogP contribution in [0.2, 0.25) is 0 Å². The van der Waals surface area contributed by atoms with Gasteiger partial charge in [0.25, 0.3) is 0 Å². The largest absolute Gasteiger partial charge is 0.259 e. The van der Waals surface area contributed by atoms with Gasteiger partial charge >= 0.3 is 0 Å². The van der Waals surface area contributed by atoms with Crippen LogP contribution in [0.3, 0.4) is 0 Å². The molecule has 2 heterocycles. The van der Waals surface area contributed by atoms with E-state index in [1.807, 2.05) is 21.8 Å². The van der Waals surface area contributed by atoms with Crippen LogP contribution in [0, 0.1) is 0 Å². The Bertz CT molecular complexity index is 560. The third-order valence-electron chi connectivity index (χ3n) is 2.38. The first-order valence-corrected chi connectivity index (χ1v) is 5.09. The molecule has 3 rings (SSSR count).